The number of rotatable bonds is 4. The molecule has 1 aromatic rings. The summed E-state index contributed by atoms with van der Waals surface area (Å²) in [6, 6.07) is 1.74. The number of esters is 1. The third-order valence-electron chi connectivity index (χ3n) is 2.16. The first-order valence-corrected chi connectivity index (χ1v) is 5.79. The molecule has 0 heterocycles. The zero-order valence-electron chi connectivity index (χ0n) is 9.75. The monoisotopic (exact) mass is 334 g/mol. The number of ether oxygens (including phenoxy) is 1. The molecule has 0 atom stereocenters. The maximum absolute atomic E-state index is 13.1. The fourth-order valence-corrected chi connectivity index (χ4v) is 1.74. The van der Waals surface area contributed by atoms with Crippen LogP contribution in [0, 0.1) is 11.6 Å². The van der Waals surface area contributed by atoms with E-state index in [9.17, 15) is 18.4 Å². The number of aliphatic carboxylic acids is 1. The lowest BCUT2D eigenvalue weighted by atomic mass is 10.1. The molecule has 0 unspecified atom stereocenters. The van der Waals surface area contributed by atoms with Crippen LogP contribution in [0.1, 0.15) is 12.0 Å². The summed E-state index contributed by atoms with van der Waals surface area (Å²) in [6.45, 7) is 0. The molecule has 0 amide bonds. The average molecular weight is 335 g/mol. The molecule has 0 fully saturated rings. The van der Waals surface area contributed by atoms with Gasteiger partial charge in [-0.15, -0.1) is 0 Å². The van der Waals surface area contributed by atoms with E-state index in [-0.39, 0.29) is 15.6 Å². The van der Waals surface area contributed by atoms with Gasteiger partial charge < -0.3 is 9.84 Å². The van der Waals surface area contributed by atoms with E-state index in [1.165, 1.54) is 0 Å². The van der Waals surface area contributed by atoms with E-state index < -0.39 is 30.0 Å². The summed E-state index contributed by atoms with van der Waals surface area (Å²) in [7, 11) is 1.10. The number of carboxylic acid groups (broad SMARTS) is 1. The summed E-state index contributed by atoms with van der Waals surface area (Å²) in [5, 5.41) is 8.68. The number of hydrogen-bond donors (Lipinski definition) is 1. The molecule has 1 rings (SSSR count). The van der Waals surface area contributed by atoms with Crippen molar-refractivity contribution in [2.45, 2.75) is 6.42 Å². The van der Waals surface area contributed by atoms with Gasteiger partial charge in [0.1, 0.15) is 0 Å². The summed E-state index contributed by atoms with van der Waals surface area (Å²) in [4.78, 5) is 22.0. The van der Waals surface area contributed by atoms with Crippen molar-refractivity contribution in [1.29, 1.82) is 0 Å². The van der Waals surface area contributed by atoms with Crippen molar-refractivity contribution in [3.63, 3.8) is 0 Å². The first kappa shape index (κ1) is 15.3. The maximum atomic E-state index is 13.1. The van der Waals surface area contributed by atoms with Crippen LogP contribution in [-0.4, -0.2) is 24.2 Å². The van der Waals surface area contributed by atoms with Crippen LogP contribution in [0.4, 0.5) is 8.78 Å². The molecule has 0 radical (unpaired) electrons. The van der Waals surface area contributed by atoms with Crippen molar-refractivity contribution >= 4 is 33.9 Å². The number of methoxy groups -OCH3 is 1. The first-order chi connectivity index (χ1) is 8.85. The molecule has 1 aromatic carbocycles. The zero-order valence-corrected chi connectivity index (χ0v) is 11.3. The second-order valence-electron chi connectivity index (χ2n) is 3.52. The highest BCUT2D eigenvalue weighted by molar-refractivity contribution is 9.10. The zero-order chi connectivity index (χ0) is 14.6. The molecular formula is C12H9BrF2O4. The van der Waals surface area contributed by atoms with Crippen LogP contribution in [0.25, 0.3) is 6.08 Å². The smallest absolute Gasteiger partial charge is 0.334 e. The SMILES string of the molecule is COC(=O)/C(=C/c1cc(F)c(F)cc1Br)CC(=O)O. The highest BCUT2D eigenvalue weighted by Crippen LogP contribution is 2.24. The van der Waals surface area contributed by atoms with E-state index in [1.807, 2.05) is 0 Å². The summed E-state index contributed by atoms with van der Waals surface area (Å²) in [5.41, 5.74) is -0.0396. The molecule has 4 nitrogen and oxygen atoms in total. The van der Waals surface area contributed by atoms with Crippen molar-refractivity contribution in [3.8, 4) is 0 Å². The van der Waals surface area contributed by atoms with Gasteiger partial charge in [0.15, 0.2) is 11.6 Å². The van der Waals surface area contributed by atoms with E-state index in [0.29, 0.717) is 0 Å². The number of carboxylic acids is 1. The van der Waals surface area contributed by atoms with Crippen LogP contribution in [-0.2, 0) is 14.3 Å². The topological polar surface area (TPSA) is 63.6 Å². The fourth-order valence-electron chi connectivity index (χ4n) is 1.31. The third kappa shape index (κ3) is 4.13. The van der Waals surface area contributed by atoms with Crippen molar-refractivity contribution in [3.05, 3.63) is 39.4 Å². The van der Waals surface area contributed by atoms with E-state index in [1.54, 1.807) is 0 Å². The maximum Gasteiger partial charge on any atom is 0.334 e. The summed E-state index contributed by atoms with van der Waals surface area (Å²) in [5.74, 6) is -4.25. The van der Waals surface area contributed by atoms with Gasteiger partial charge in [-0.25, -0.2) is 13.6 Å². The lowest BCUT2D eigenvalue weighted by Gasteiger charge is -2.05. The second-order valence-corrected chi connectivity index (χ2v) is 4.37. The Morgan fingerprint density at radius 3 is 2.47 bits per heavy atom. The standard InChI is InChI=1S/C12H9BrF2O4/c1-19-12(18)7(4-11(16)17)2-6-3-9(14)10(15)5-8(6)13/h2-3,5H,4H2,1H3,(H,16,17)/b7-2+. The second kappa shape index (κ2) is 6.42. The minimum absolute atomic E-state index is 0.139. The van der Waals surface area contributed by atoms with E-state index in [4.69, 9.17) is 5.11 Å². The Balaban J connectivity index is 3.25. The van der Waals surface area contributed by atoms with Gasteiger partial charge in [-0.2, -0.15) is 0 Å². The molecule has 0 aliphatic heterocycles. The minimum atomic E-state index is -1.24. The Hall–Kier alpha value is -1.76. The molecule has 0 aliphatic rings. The van der Waals surface area contributed by atoms with Crippen molar-refractivity contribution in [2.75, 3.05) is 7.11 Å². The van der Waals surface area contributed by atoms with Gasteiger partial charge in [-0.05, 0) is 23.8 Å². The molecule has 102 valence electrons. The van der Waals surface area contributed by atoms with Crippen LogP contribution in [0.5, 0.6) is 0 Å². The van der Waals surface area contributed by atoms with Gasteiger partial charge in [0.25, 0.3) is 0 Å². The van der Waals surface area contributed by atoms with Crippen LogP contribution < -0.4 is 0 Å². The Morgan fingerprint density at radius 2 is 1.95 bits per heavy atom. The van der Waals surface area contributed by atoms with Gasteiger partial charge in [-0.1, -0.05) is 15.9 Å². The lowest BCUT2D eigenvalue weighted by molar-refractivity contribution is -0.141. The Labute approximate surface area is 115 Å². The Bertz CT molecular complexity index is 555. The van der Waals surface area contributed by atoms with Crippen LogP contribution in [0.15, 0.2) is 22.2 Å². The molecular weight excluding hydrogens is 326 g/mol. The molecule has 0 aliphatic carbocycles. The van der Waals surface area contributed by atoms with Gasteiger partial charge in [0.05, 0.1) is 13.5 Å². The van der Waals surface area contributed by atoms with Crippen molar-refractivity contribution in [2.24, 2.45) is 0 Å². The van der Waals surface area contributed by atoms with Gasteiger partial charge >= 0.3 is 11.9 Å². The highest BCUT2D eigenvalue weighted by Gasteiger charge is 2.15. The lowest BCUT2D eigenvalue weighted by Crippen LogP contribution is -2.09. The van der Waals surface area contributed by atoms with Crippen molar-refractivity contribution in [1.82, 2.24) is 0 Å². The quantitative estimate of drug-likeness (QED) is 0.522. The molecule has 19 heavy (non-hydrogen) atoms. The molecule has 7 heteroatoms. The number of hydrogen-bond acceptors (Lipinski definition) is 3. The third-order valence-corrected chi connectivity index (χ3v) is 2.85. The summed E-state index contributed by atoms with van der Waals surface area (Å²) in [6.07, 6.45) is 0.546. The highest BCUT2D eigenvalue weighted by atomic mass is 79.9. The van der Waals surface area contributed by atoms with Crippen molar-refractivity contribution < 1.29 is 28.2 Å². The molecule has 0 saturated carbocycles. The summed E-state index contributed by atoms with van der Waals surface area (Å²) >= 11 is 3.00. The van der Waals surface area contributed by atoms with E-state index in [0.717, 1.165) is 25.3 Å². The van der Waals surface area contributed by atoms with Gasteiger partial charge in [0, 0.05) is 10.0 Å². The Kier molecular flexibility index (Phi) is 5.17. The van der Waals surface area contributed by atoms with E-state index in [2.05, 4.69) is 20.7 Å². The fraction of sp³-hybridized carbons (Fsp3) is 0.167. The molecule has 0 aromatic heterocycles. The predicted octanol–water partition coefficient (Wildman–Crippen LogP) is 2.76. The molecule has 0 saturated heterocycles. The number of benzene rings is 1. The van der Waals surface area contributed by atoms with Crippen LogP contribution >= 0.6 is 15.9 Å². The normalized spacial score (nSPS) is 11.3. The Morgan fingerprint density at radius 1 is 1.37 bits per heavy atom. The largest absolute Gasteiger partial charge is 0.481 e. The van der Waals surface area contributed by atoms with Gasteiger partial charge in [-0.3, -0.25) is 4.79 Å². The predicted molar refractivity (Wildman–Crippen MR) is 66.3 cm³/mol. The average Bonchev–Trinajstić information content (AvgIpc) is 2.33. The minimum Gasteiger partial charge on any atom is -0.481 e. The summed E-state index contributed by atoms with van der Waals surface area (Å²) < 4.78 is 30.6. The molecule has 1 N–H and O–H groups in total. The van der Waals surface area contributed by atoms with E-state index >= 15 is 0 Å². The number of carbonyl (C=O) groups excluding carboxylic acids is 1. The van der Waals surface area contributed by atoms with Crippen LogP contribution in [0.3, 0.4) is 0 Å². The molecule has 0 spiro atoms. The first-order valence-electron chi connectivity index (χ1n) is 5.00. The number of carbonyl (C=O) groups is 2. The molecule has 0 bridgehead atoms. The van der Waals surface area contributed by atoms with Gasteiger partial charge in [0.2, 0.25) is 0 Å². The van der Waals surface area contributed by atoms with Crippen LogP contribution in [0.2, 0.25) is 0 Å². The number of halogens is 3.